The van der Waals surface area contributed by atoms with Crippen molar-refractivity contribution in [1.29, 1.82) is 0 Å². The first-order valence-electron chi connectivity index (χ1n) is 13.8. The second-order valence-electron chi connectivity index (χ2n) is 11.8. The first-order valence-corrected chi connectivity index (χ1v) is 29.2. The van der Waals surface area contributed by atoms with Crippen LogP contribution in [0.3, 0.4) is 0 Å². The molecule has 0 spiro atoms. The predicted octanol–water partition coefficient (Wildman–Crippen LogP) is 9.47. The molecule has 2 fully saturated rings. The van der Waals surface area contributed by atoms with E-state index >= 15 is 0 Å². The van der Waals surface area contributed by atoms with E-state index in [1.165, 1.54) is 71.4 Å². The Morgan fingerprint density at radius 2 is 1.14 bits per heavy atom. The van der Waals surface area contributed by atoms with Crippen molar-refractivity contribution in [3.63, 3.8) is 0 Å². The number of benzene rings is 2. The van der Waals surface area contributed by atoms with E-state index in [4.69, 9.17) is 17.0 Å². The SMILES string of the molecule is C[CH]=[Zr]([Cl])([Cl])([C]1([Si]2(CC)CCC2)C=Cc2ccccc21)[C]1([Si]2(CC)CCC2)C=Cc2ccccc21. The molecular formula is C30H38Cl2Si2Zr. The fourth-order valence-corrected chi connectivity index (χ4v) is 73.0. The summed E-state index contributed by atoms with van der Waals surface area (Å²) in [5, 5.41) is 0. The van der Waals surface area contributed by atoms with Crippen molar-refractivity contribution in [3.05, 3.63) is 82.9 Å². The van der Waals surface area contributed by atoms with Crippen LogP contribution < -0.4 is 0 Å². The van der Waals surface area contributed by atoms with Gasteiger partial charge >= 0.3 is 223 Å². The molecule has 2 saturated heterocycles. The van der Waals surface area contributed by atoms with Crippen molar-refractivity contribution in [2.45, 2.75) is 75.4 Å². The molecule has 2 atom stereocenters. The van der Waals surface area contributed by atoms with Crippen LogP contribution in [0.1, 0.15) is 55.9 Å². The minimum atomic E-state index is -4.99. The van der Waals surface area contributed by atoms with Crippen LogP contribution in [0, 0.1) is 0 Å². The monoisotopic (exact) mass is 614 g/mol. The van der Waals surface area contributed by atoms with E-state index in [9.17, 15) is 0 Å². The molecule has 35 heavy (non-hydrogen) atoms. The molecule has 0 nitrogen and oxygen atoms in total. The molecule has 0 aromatic heterocycles. The first kappa shape index (κ1) is 25.0. The van der Waals surface area contributed by atoms with Gasteiger partial charge in [-0.2, -0.15) is 0 Å². The van der Waals surface area contributed by atoms with E-state index in [0.29, 0.717) is 0 Å². The number of hydrogen-bond acceptors (Lipinski definition) is 0. The topological polar surface area (TPSA) is 0 Å². The third-order valence-electron chi connectivity index (χ3n) is 11.4. The Hall–Kier alpha value is -0.313. The summed E-state index contributed by atoms with van der Waals surface area (Å²) in [6.45, 7) is 7.19. The van der Waals surface area contributed by atoms with Gasteiger partial charge in [0, 0.05) is 0 Å². The molecule has 2 aliphatic carbocycles. The zero-order valence-corrected chi connectivity index (χ0v) is 27.4. The van der Waals surface area contributed by atoms with Gasteiger partial charge in [0.25, 0.3) is 0 Å². The Bertz CT molecular complexity index is 1220. The van der Waals surface area contributed by atoms with Gasteiger partial charge in [-0.25, -0.2) is 0 Å². The molecule has 4 aliphatic rings. The van der Waals surface area contributed by atoms with Crippen LogP contribution in [-0.4, -0.2) is 19.9 Å². The van der Waals surface area contributed by atoms with Crippen molar-refractivity contribution in [1.82, 2.24) is 0 Å². The molecule has 2 unspecified atom stereocenters. The summed E-state index contributed by atoms with van der Waals surface area (Å²) in [6, 6.07) is 26.3. The molecule has 6 rings (SSSR count). The molecule has 0 radical (unpaired) electrons. The van der Waals surface area contributed by atoms with Gasteiger partial charge in [0.1, 0.15) is 0 Å². The van der Waals surface area contributed by atoms with Gasteiger partial charge in [-0.1, -0.05) is 0 Å². The average Bonchev–Trinajstić information content (AvgIpc) is 3.41. The average molecular weight is 617 g/mol. The second-order valence-corrected chi connectivity index (χ2v) is 45.4. The molecule has 184 valence electrons. The van der Waals surface area contributed by atoms with Crippen molar-refractivity contribution in [2.24, 2.45) is 0 Å². The van der Waals surface area contributed by atoms with Crippen molar-refractivity contribution < 1.29 is 15.9 Å². The quantitative estimate of drug-likeness (QED) is 0.284. The Kier molecular flexibility index (Phi) is 5.78. The molecule has 2 aromatic rings. The standard InChI is InChI=1S/2C14H17Si.C2H4.2ClH.Zr/c2*1-2-15(10-5-11-15)14-9-8-12-6-3-4-7-13(12)14;1-2;;;/h2*3-4,6-9H,2,5,10-11H2,1H3;1H,2H3;2*1H;/q;;;;;+2/p-2. The fourth-order valence-electron chi connectivity index (χ4n) is 9.34. The van der Waals surface area contributed by atoms with Gasteiger partial charge in [0.2, 0.25) is 0 Å². The third-order valence-corrected chi connectivity index (χ3v) is 62.7. The Morgan fingerprint density at radius 1 is 0.743 bits per heavy atom. The number of hydrogen-bond donors (Lipinski definition) is 0. The van der Waals surface area contributed by atoms with E-state index < -0.39 is 32.1 Å². The third kappa shape index (κ3) is 2.62. The van der Waals surface area contributed by atoms with Crippen molar-refractivity contribution in [2.75, 3.05) is 0 Å². The summed E-state index contributed by atoms with van der Waals surface area (Å²) >= 11 is -4.99. The zero-order chi connectivity index (χ0) is 24.6. The maximum absolute atomic E-state index is 8.80. The van der Waals surface area contributed by atoms with E-state index in [-0.39, 0.29) is 5.49 Å². The maximum atomic E-state index is 8.80. The van der Waals surface area contributed by atoms with Crippen LogP contribution in [0.15, 0.2) is 60.7 Å². The molecule has 2 heterocycles. The number of rotatable bonds is 6. The number of allylic oxidation sites excluding steroid dienone is 2. The number of halogens is 2. The van der Waals surface area contributed by atoms with Crippen LogP contribution in [-0.2, 0) is 21.4 Å². The molecule has 2 aromatic carbocycles. The summed E-state index contributed by atoms with van der Waals surface area (Å²) in [7, 11) is 13.9. The van der Waals surface area contributed by atoms with Gasteiger partial charge < -0.3 is 0 Å². The molecule has 0 N–H and O–H groups in total. The molecule has 5 heteroatoms. The fraction of sp³-hybridized carbons (Fsp3) is 0.433. The second kappa shape index (κ2) is 8.09. The van der Waals surface area contributed by atoms with Crippen LogP contribution in [0.5, 0.6) is 0 Å². The zero-order valence-electron chi connectivity index (χ0n) is 21.4. The molecule has 2 aliphatic heterocycles. The van der Waals surface area contributed by atoms with Crippen molar-refractivity contribution >= 4 is 49.0 Å². The van der Waals surface area contributed by atoms with Gasteiger partial charge in [0.15, 0.2) is 0 Å². The minimum absolute atomic E-state index is 0.150. The van der Waals surface area contributed by atoms with Crippen molar-refractivity contribution in [3.8, 4) is 0 Å². The van der Waals surface area contributed by atoms with Crippen LogP contribution >= 0.6 is 17.0 Å². The summed E-state index contributed by atoms with van der Waals surface area (Å²) in [4.78, 5) is 0. The normalized spacial score (nSPS) is 29.8. The molecule has 0 saturated carbocycles. The van der Waals surface area contributed by atoms with Crippen LogP contribution in [0.25, 0.3) is 12.2 Å². The Labute approximate surface area is 221 Å². The van der Waals surface area contributed by atoms with Crippen LogP contribution in [0.2, 0.25) is 36.3 Å². The van der Waals surface area contributed by atoms with E-state index in [1.54, 1.807) is 0 Å². The Balaban J connectivity index is 1.80. The molecule has 0 bridgehead atoms. The Morgan fingerprint density at radius 3 is 1.46 bits per heavy atom. The predicted molar refractivity (Wildman–Crippen MR) is 159 cm³/mol. The van der Waals surface area contributed by atoms with E-state index in [2.05, 4.69) is 97.3 Å². The van der Waals surface area contributed by atoms with Gasteiger partial charge in [-0.05, 0) is 0 Å². The summed E-state index contributed by atoms with van der Waals surface area (Å²) in [6.07, 6.45) is 12.7. The van der Waals surface area contributed by atoms with Gasteiger partial charge in [0.05, 0.1) is 0 Å². The summed E-state index contributed by atoms with van der Waals surface area (Å²) in [5.41, 5.74) is 5.71. The number of fused-ring (bicyclic) bond motifs is 2. The van der Waals surface area contributed by atoms with E-state index in [0.717, 1.165) is 0 Å². The summed E-state index contributed by atoms with van der Waals surface area (Å²) in [5.74, 6) is 0. The first-order chi connectivity index (χ1) is 16.8. The molecular weight excluding hydrogens is 579 g/mol. The van der Waals surface area contributed by atoms with Gasteiger partial charge in [-0.3, -0.25) is 0 Å². The molecule has 0 amide bonds. The van der Waals surface area contributed by atoms with E-state index in [1.807, 2.05) is 0 Å². The summed E-state index contributed by atoms with van der Waals surface area (Å²) < 4.78 is 2.19. The van der Waals surface area contributed by atoms with Gasteiger partial charge in [-0.15, -0.1) is 0 Å². The van der Waals surface area contributed by atoms with Crippen LogP contribution in [0.4, 0.5) is 0 Å².